The summed E-state index contributed by atoms with van der Waals surface area (Å²) in [5.74, 6) is -0.413. The number of benzene rings is 3. The minimum Gasteiger partial charge on any atom is -0.494 e. The minimum atomic E-state index is -4.19. The molecule has 1 atom stereocenters. The maximum absolute atomic E-state index is 14.0. The fraction of sp³-hybridized carbons (Fsp3) is 0.286. The van der Waals surface area contributed by atoms with E-state index in [1.54, 1.807) is 61.5 Å². The molecule has 0 spiro atoms. The third kappa shape index (κ3) is 7.69. The normalized spacial score (nSPS) is 11.9. The molecular formula is C28H30BrCl2N3O5S. The first-order valence-corrected chi connectivity index (χ1v) is 15.5. The van der Waals surface area contributed by atoms with E-state index in [9.17, 15) is 18.0 Å². The Hall–Kier alpha value is -2.79. The third-order valence-corrected chi connectivity index (χ3v) is 9.01. The zero-order valence-corrected chi connectivity index (χ0v) is 26.1. The highest BCUT2D eigenvalue weighted by molar-refractivity contribution is 9.10. The van der Waals surface area contributed by atoms with Crippen molar-refractivity contribution < 1.29 is 22.7 Å². The van der Waals surface area contributed by atoms with Crippen molar-refractivity contribution in [3.05, 3.63) is 86.8 Å². The van der Waals surface area contributed by atoms with E-state index in [0.717, 1.165) is 4.31 Å². The van der Waals surface area contributed by atoms with E-state index in [1.165, 1.54) is 24.1 Å². The van der Waals surface area contributed by atoms with Crippen LogP contribution in [0.2, 0.25) is 10.0 Å². The molecule has 3 rings (SSSR count). The van der Waals surface area contributed by atoms with Crippen molar-refractivity contribution in [3.8, 4) is 5.75 Å². The van der Waals surface area contributed by atoms with Crippen molar-refractivity contribution in [2.75, 3.05) is 24.5 Å². The molecule has 0 aromatic heterocycles. The number of carbonyl (C=O) groups excluding carboxylic acids is 2. The molecule has 0 saturated carbocycles. The summed E-state index contributed by atoms with van der Waals surface area (Å²) in [7, 11) is -2.71. The van der Waals surface area contributed by atoms with Crippen LogP contribution in [0, 0.1) is 0 Å². The fourth-order valence-corrected chi connectivity index (χ4v) is 6.20. The second kappa shape index (κ2) is 14.2. The number of likely N-dealkylation sites (N-methyl/N-ethyl adjacent to an activating group) is 1. The third-order valence-electron chi connectivity index (χ3n) is 6.10. The van der Waals surface area contributed by atoms with Crippen molar-refractivity contribution in [2.24, 2.45) is 0 Å². The second-order valence-electron chi connectivity index (χ2n) is 8.69. The number of rotatable bonds is 12. The summed E-state index contributed by atoms with van der Waals surface area (Å²) >= 11 is 15.8. The molecule has 3 aromatic carbocycles. The van der Waals surface area contributed by atoms with E-state index in [-0.39, 0.29) is 23.0 Å². The summed E-state index contributed by atoms with van der Waals surface area (Å²) < 4.78 is 35.0. The number of sulfonamides is 1. The Balaban J connectivity index is 2.07. The van der Waals surface area contributed by atoms with Crippen LogP contribution in [0.15, 0.2) is 76.1 Å². The number of nitrogens with one attached hydrogen (secondary N) is 1. The van der Waals surface area contributed by atoms with Crippen LogP contribution in [0.5, 0.6) is 5.75 Å². The van der Waals surface area contributed by atoms with Crippen molar-refractivity contribution in [2.45, 2.75) is 37.8 Å². The van der Waals surface area contributed by atoms with Crippen molar-refractivity contribution in [1.29, 1.82) is 0 Å². The van der Waals surface area contributed by atoms with Gasteiger partial charge in [0, 0.05) is 28.1 Å². The predicted octanol–water partition coefficient (Wildman–Crippen LogP) is 5.90. The topological polar surface area (TPSA) is 96.0 Å². The largest absolute Gasteiger partial charge is 0.494 e. The van der Waals surface area contributed by atoms with E-state index in [4.69, 9.17) is 27.9 Å². The molecule has 0 aliphatic heterocycles. The number of amides is 2. The number of hydrogen-bond acceptors (Lipinski definition) is 5. The highest BCUT2D eigenvalue weighted by Crippen LogP contribution is 2.28. The second-order valence-corrected chi connectivity index (χ2v) is 12.3. The van der Waals surface area contributed by atoms with Gasteiger partial charge in [-0.2, -0.15) is 0 Å². The van der Waals surface area contributed by atoms with Crippen LogP contribution in [-0.4, -0.2) is 51.4 Å². The van der Waals surface area contributed by atoms with Gasteiger partial charge in [-0.15, -0.1) is 0 Å². The van der Waals surface area contributed by atoms with Gasteiger partial charge in [0.05, 0.1) is 17.2 Å². The smallest absolute Gasteiger partial charge is 0.264 e. The standard InChI is InChI=1S/C28H30BrCl2N3O5S/c1-4-26(28(36)32-3)33(17-19-6-9-21(30)16-25(19)31)27(35)18-34(22-10-12-23(13-11-22)39-5-2)40(37,38)24-14-7-20(29)8-15-24/h6-16,26H,4-5,17-18H2,1-3H3,(H,32,36)/t26-/m0/s1. The number of carbonyl (C=O) groups is 2. The summed E-state index contributed by atoms with van der Waals surface area (Å²) in [4.78, 5) is 28.1. The van der Waals surface area contributed by atoms with E-state index < -0.39 is 28.5 Å². The highest BCUT2D eigenvalue weighted by Gasteiger charge is 2.33. The van der Waals surface area contributed by atoms with Crippen LogP contribution in [0.1, 0.15) is 25.8 Å². The van der Waals surface area contributed by atoms with Gasteiger partial charge in [-0.3, -0.25) is 13.9 Å². The van der Waals surface area contributed by atoms with Gasteiger partial charge in [-0.05, 0) is 79.6 Å². The number of halogens is 3. The molecule has 8 nitrogen and oxygen atoms in total. The van der Waals surface area contributed by atoms with E-state index in [2.05, 4.69) is 21.2 Å². The van der Waals surface area contributed by atoms with E-state index in [1.807, 2.05) is 6.92 Å². The molecule has 1 N–H and O–H groups in total. The lowest BCUT2D eigenvalue weighted by molar-refractivity contribution is -0.140. The van der Waals surface area contributed by atoms with Crippen molar-refractivity contribution in [3.63, 3.8) is 0 Å². The minimum absolute atomic E-state index is 0.00280. The Labute approximate surface area is 253 Å². The molecule has 3 aromatic rings. The average Bonchev–Trinajstić information content (AvgIpc) is 2.93. The zero-order chi connectivity index (χ0) is 29.4. The summed E-state index contributed by atoms with van der Waals surface area (Å²) in [6.07, 6.45) is 0.291. The van der Waals surface area contributed by atoms with Crippen LogP contribution < -0.4 is 14.4 Å². The highest BCUT2D eigenvalue weighted by atomic mass is 79.9. The van der Waals surface area contributed by atoms with Crippen molar-refractivity contribution >= 4 is 66.7 Å². The summed E-state index contributed by atoms with van der Waals surface area (Å²) in [6, 6.07) is 16.5. The molecule has 0 saturated heterocycles. The van der Waals surface area contributed by atoms with Crippen LogP contribution in [0.4, 0.5) is 5.69 Å². The first kappa shape index (κ1) is 31.7. The van der Waals surface area contributed by atoms with Gasteiger partial charge >= 0.3 is 0 Å². The molecule has 0 fully saturated rings. The van der Waals surface area contributed by atoms with Crippen LogP contribution >= 0.6 is 39.1 Å². The van der Waals surface area contributed by atoms with E-state index in [0.29, 0.717) is 38.9 Å². The first-order chi connectivity index (χ1) is 19.0. The molecule has 214 valence electrons. The molecule has 0 aliphatic rings. The van der Waals surface area contributed by atoms with Gasteiger partial charge in [-0.1, -0.05) is 52.1 Å². The molecular weight excluding hydrogens is 641 g/mol. The van der Waals surface area contributed by atoms with Gasteiger partial charge in [-0.25, -0.2) is 8.42 Å². The number of hydrogen-bond donors (Lipinski definition) is 1. The lowest BCUT2D eigenvalue weighted by atomic mass is 10.1. The van der Waals surface area contributed by atoms with Gasteiger partial charge in [0.25, 0.3) is 10.0 Å². The maximum Gasteiger partial charge on any atom is 0.264 e. The summed E-state index contributed by atoms with van der Waals surface area (Å²) in [6.45, 7) is 3.46. The molecule has 0 unspecified atom stereocenters. The molecule has 0 aliphatic carbocycles. The average molecular weight is 671 g/mol. The molecule has 0 bridgehead atoms. The van der Waals surface area contributed by atoms with Gasteiger partial charge in [0.2, 0.25) is 11.8 Å². The number of nitrogens with zero attached hydrogens (tertiary/aromatic N) is 2. The van der Waals surface area contributed by atoms with Crippen molar-refractivity contribution in [1.82, 2.24) is 10.2 Å². The Morgan fingerprint density at radius 2 is 1.65 bits per heavy atom. The number of ether oxygens (including phenoxy) is 1. The Morgan fingerprint density at radius 3 is 2.20 bits per heavy atom. The summed E-state index contributed by atoms with van der Waals surface area (Å²) in [5, 5.41) is 3.33. The van der Waals surface area contributed by atoms with Crippen LogP contribution in [-0.2, 0) is 26.2 Å². The Morgan fingerprint density at radius 1 is 1.00 bits per heavy atom. The summed E-state index contributed by atoms with van der Waals surface area (Å²) in [5.41, 5.74) is 0.822. The maximum atomic E-state index is 14.0. The Kier molecular flexibility index (Phi) is 11.3. The first-order valence-electron chi connectivity index (χ1n) is 12.5. The lowest BCUT2D eigenvalue weighted by Gasteiger charge is -2.33. The predicted molar refractivity (Wildman–Crippen MR) is 161 cm³/mol. The molecule has 40 heavy (non-hydrogen) atoms. The molecule has 0 radical (unpaired) electrons. The lowest BCUT2D eigenvalue weighted by Crippen LogP contribution is -2.51. The SMILES string of the molecule is CCOc1ccc(N(CC(=O)N(Cc2ccc(Cl)cc2Cl)[C@@H](CC)C(=O)NC)S(=O)(=O)c2ccc(Br)cc2)cc1. The Bertz CT molecular complexity index is 1440. The zero-order valence-electron chi connectivity index (χ0n) is 22.2. The molecule has 12 heteroatoms. The van der Waals surface area contributed by atoms with Gasteiger partial charge < -0.3 is 15.0 Å². The monoisotopic (exact) mass is 669 g/mol. The van der Waals surface area contributed by atoms with E-state index >= 15 is 0 Å². The van der Waals surface area contributed by atoms with Gasteiger partial charge in [0.15, 0.2) is 0 Å². The quantitative estimate of drug-likeness (QED) is 0.259. The van der Waals surface area contributed by atoms with Crippen LogP contribution in [0.25, 0.3) is 0 Å². The number of anilines is 1. The van der Waals surface area contributed by atoms with Gasteiger partial charge in [0.1, 0.15) is 18.3 Å². The fourth-order valence-electron chi connectivity index (χ4n) is 4.06. The van der Waals surface area contributed by atoms with Crippen LogP contribution in [0.3, 0.4) is 0 Å². The molecule has 0 heterocycles. The molecule has 2 amide bonds.